The number of para-hydroxylation sites is 1. The lowest BCUT2D eigenvalue weighted by Crippen LogP contribution is -2.09. The van der Waals surface area contributed by atoms with Gasteiger partial charge in [0.05, 0.1) is 16.7 Å². The zero-order valence-electron chi connectivity index (χ0n) is 14.5. The van der Waals surface area contributed by atoms with Crippen LogP contribution in [0, 0.1) is 5.92 Å². The first kappa shape index (κ1) is 16.9. The molecule has 0 bridgehead atoms. The molecular formula is C19H26N4O. The van der Waals surface area contributed by atoms with Crippen molar-refractivity contribution in [2.75, 3.05) is 6.54 Å². The molecule has 2 heterocycles. The molecule has 5 heteroatoms. The van der Waals surface area contributed by atoms with Gasteiger partial charge in [0.1, 0.15) is 17.9 Å². The van der Waals surface area contributed by atoms with Crippen LogP contribution in [0.25, 0.3) is 21.9 Å². The van der Waals surface area contributed by atoms with Crippen LogP contribution in [0.3, 0.4) is 0 Å². The number of aromatic nitrogens is 3. The van der Waals surface area contributed by atoms with Crippen LogP contribution in [0.4, 0.5) is 0 Å². The van der Waals surface area contributed by atoms with Crippen molar-refractivity contribution in [2.24, 2.45) is 11.7 Å². The van der Waals surface area contributed by atoms with Crippen LogP contribution < -0.4 is 5.73 Å². The fourth-order valence-corrected chi connectivity index (χ4v) is 3.24. The number of aliphatic hydroxyl groups is 1. The number of hydrogen-bond acceptors (Lipinski definition) is 4. The van der Waals surface area contributed by atoms with E-state index < -0.39 is 0 Å². The monoisotopic (exact) mass is 326 g/mol. The van der Waals surface area contributed by atoms with Crippen molar-refractivity contribution >= 4 is 21.9 Å². The zero-order valence-corrected chi connectivity index (χ0v) is 14.5. The Morgan fingerprint density at radius 2 is 1.96 bits per heavy atom. The van der Waals surface area contributed by atoms with Crippen LogP contribution in [0.5, 0.6) is 0 Å². The van der Waals surface area contributed by atoms with E-state index in [0.29, 0.717) is 12.5 Å². The molecule has 0 radical (unpaired) electrons. The Labute approximate surface area is 142 Å². The van der Waals surface area contributed by atoms with Gasteiger partial charge < -0.3 is 15.4 Å². The second-order valence-corrected chi connectivity index (χ2v) is 6.71. The molecule has 128 valence electrons. The summed E-state index contributed by atoms with van der Waals surface area (Å²) in [7, 11) is 0. The van der Waals surface area contributed by atoms with E-state index in [-0.39, 0.29) is 6.61 Å². The minimum Gasteiger partial charge on any atom is -0.388 e. The number of hydrogen-bond donors (Lipinski definition) is 2. The molecule has 3 rings (SSSR count). The van der Waals surface area contributed by atoms with Crippen molar-refractivity contribution < 1.29 is 5.11 Å². The number of unbranched alkanes of at least 4 members (excludes halogenated alkanes) is 1. The summed E-state index contributed by atoms with van der Waals surface area (Å²) in [4.78, 5) is 9.58. The highest BCUT2D eigenvalue weighted by Crippen LogP contribution is 2.29. The molecule has 1 aromatic carbocycles. The van der Waals surface area contributed by atoms with Gasteiger partial charge in [-0.05, 0) is 37.8 Å². The van der Waals surface area contributed by atoms with Gasteiger partial charge in [0.15, 0.2) is 0 Å². The van der Waals surface area contributed by atoms with Crippen LogP contribution in [-0.2, 0) is 19.6 Å². The molecule has 0 atom stereocenters. The number of pyridine rings is 1. The molecule has 0 saturated heterocycles. The minimum atomic E-state index is -0.0576. The van der Waals surface area contributed by atoms with E-state index >= 15 is 0 Å². The van der Waals surface area contributed by atoms with E-state index in [0.717, 1.165) is 59.3 Å². The van der Waals surface area contributed by atoms with Gasteiger partial charge >= 0.3 is 0 Å². The van der Waals surface area contributed by atoms with Crippen LogP contribution in [0.2, 0.25) is 0 Å². The summed E-state index contributed by atoms with van der Waals surface area (Å²) in [5.74, 6) is 1.19. The second-order valence-electron chi connectivity index (χ2n) is 6.71. The summed E-state index contributed by atoms with van der Waals surface area (Å²) >= 11 is 0. The number of imidazole rings is 1. The van der Waals surface area contributed by atoms with Crippen LogP contribution >= 0.6 is 0 Å². The number of benzene rings is 1. The largest absolute Gasteiger partial charge is 0.388 e. The number of aliphatic hydroxyl groups excluding tert-OH is 1. The summed E-state index contributed by atoms with van der Waals surface area (Å²) in [6.07, 6.45) is 2.85. The molecule has 2 aromatic heterocycles. The van der Waals surface area contributed by atoms with Gasteiger partial charge in [0, 0.05) is 11.9 Å². The molecule has 0 aliphatic carbocycles. The maximum absolute atomic E-state index is 9.79. The molecule has 0 aliphatic rings. The number of fused-ring (bicyclic) bond motifs is 3. The average Bonchev–Trinajstić information content (AvgIpc) is 2.93. The van der Waals surface area contributed by atoms with Crippen LogP contribution in [-0.4, -0.2) is 26.2 Å². The van der Waals surface area contributed by atoms with E-state index in [9.17, 15) is 5.11 Å². The van der Waals surface area contributed by atoms with Crippen molar-refractivity contribution in [3.8, 4) is 0 Å². The molecule has 0 aliphatic heterocycles. The van der Waals surface area contributed by atoms with E-state index in [4.69, 9.17) is 15.7 Å². The van der Waals surface area contributed by atoms with E-state index in [2.05, 4.69) is 24.5 Å². The van der Waals surface area contributed by atoms with Gasteiger partial charge in [-0.15, -0.1) is 0 Å². The van der Waals surface area contributed by atoms with E-state index in [1.54, 1.807) is 0 Å². The summed E-state index contributed by atoms with van der Waals surface area (Å²) in [5, 5.41) is 10.9. The average molecular weight is 326 g/mol. The third-order valence-electron chi connectivity index (χ3n) is 4.29. The number of nitrogens with zero attached hydrogens (tertiary/aromatic N) is 3. The van der Waals surface area contributed by atoms with Gasteiger partial charge in [-0.2, -0.15) is 0 Å². The summed E-state index contributed by atoms with van der Waals surface area (Å²) in [6, 6.07) is 8.18. The molecule has 0 saturated carbocycles. The Bertz CT molecular complexity index is 838. The molecule has 0 spiro atoms. The maximum atomic E-state index is 9.79. The topological polar surface area (TPSA) is 77.0 Å². The summed E-state index contributed by atoms with van der Waals surface area (Å²) < 4.78 is 2.16. The molecular weight excluding hydrogens is 300 g/mol. The molecule has 24 heavy (non-hydrogen) atoms. The Morgan fingerprint density at radius 3 is 2.67 bits per heavy atom. The molecule has 3 N–H and O–H groups in total. The summed E-state index contributed by atoms with van der Waals surface area (Å²) in [6.45, 7) is 5.83. The highest BCUT2D eigenvalue weighted by molar-refractivity contribution is 6.03. The number of nitrogens with two attached hydrogens (primary N) is 1. The highest BCUT2D eigenvalue weighted by Gasteiger charge is 2.18. The third-order valence-corrected chi connectivity index (χ3v) is 4.29. The van der Waals surface area contributed by atoms with Crippen molar-refractivity contribution in [2.45, 2.75) is 46.3 Å². The fraction of sp³-hybridized carbons (Fsp3) is 0.474. The molecule has 3 aromatic rings. The first-order valence-electron chi connectivity index (χ1n) is 8.73. The predicted octanol–water partition coefficient (Wildman–Crippen LogP) is 3.01. The van der Waals surface area contributed by atoms with E-state index in [1.165, 1.54) is 0 Å². The van der Waals surface area contributed by atoms with Gasteiger partial charge in [0.25, 0.3) is 0 Å². The zero-order chi connectivity index (χ0) is 17.1. The Morgan fingerprint density at radius 1 is 1.17 bits per heavy atom. The van der Waals surface area contributed by atoms with Crippen molar-refractivity contribution in [1.29, 1.82) is 0 Å². The normalized spacial score (nSPS) is 11.9. The van der Waals surface area contributed by atoms with E-state index in [1.807, 2.05) is 18.2 Å². The quantitative estimate of drug-likeness (QED) is 0.654. The van der Waals surface area contributed by atoms with Gasteiger partial charge in [-0.25, -0.2) is 4.98 Å². The molecule has 0 unspecified atom stereocenters. The van der Waals surface area contributed by atoms with Crippen molar-refractivity contribution in [1.82, 2.24) is 14.5 Å². The van der Waals surface area contributed by atoms with Crippen molar-refractivity contribution in [3.05, 3.63) is 35.8 Å². The summed E-state index contributed by atoms with van der Waals surface area (Å²) in [5.41, 5.74) is 9.65. The van der Waals surface area contributed by atoms with Gasteiger partial charge in [0.2, 0.25) is 0 Å². The Balaban J connectivity index is 2.25. The van der Waals surface area contributed by atoms with Crippen LogP contribution in [0.1, 0.15) is 38.2 Å². The van der Waals surface area contributed by atoms with Crippen LogP contribution in [0.15, 0.2) is 24.3 Å². The second kappa shape index (κ2) is 7.28. The third kappa shape index (κ3) is 3.14. The SMILES string of the molecule is CC(C)Cn1c(CO)nc2c(CCCCN)nc3ccccc3c21. The smallest absolute Gasteiger partial charge is 0.135 e. The standard InChI is InChI=1S/C19H26N4O/c1-13(2)11-23-17(12-24)22-18-16(9-5-6-10-20)21-15-8-4-3-7-14(15)19(18)23/h3-4,7-8,13,24H,5-6,9-12,20H2,1-2H3. The lowest BCUT2D eigenvalue weighted by molar-refractivity contribution is 0.264. The Kier molecular flexibility index (Phi) is 5.11. The molecule has 5 nitrogen and oxygen atoms in total. The Hall–Kier alpha value is -1.98. The first-order valence-corrected chi connectivity index (χ1v) is 8.73. The number of aryl methyl sites for hydroxylation is 1. The fourth-order valence-electron chi connectivity index (χ4n) is 3.24. The minimum absolute atomic E-state index is 0.0576. The van der Waals surface area contributed by atoms with Crippen molar-refractivity contribution in [3.63, 3.8) is 0 Å². The highest BCUT2D eigenvalue weighted by atomic mass is 16.3. The van der Waals surface area contributed by atoms with Gasteiger partial charge in [-0.1, -0.05) is 32.0 Å². The maximum Gasteiger partial charge on any atom is 0.135 e. The molecule has 0 amide bonds. The predicted molar refractivity (Wildman–Crippen MR) is 97.8 cm³/mol. The van der Waals surface area contributed by atoms with Gasteiger partial charge in [-0.3, -0.25) is 4.98 Å². The number of rotatable bonds is 7. The lowest BCUT2D eigenvalue weighted by Gasteiger charge is -2.12. The first-order chi connectivity index (χ1) is 11.7. The molecule has 0 fully saturated rings. The lowest BCUT2D eigenvalue weighted by atomic mass is 10.1.